The minimum absolute atomic E-state index is 0.178. The summed E-state index contributed by atoms with van der Waals surface area (Å²) >= 11 is 0. The van der Waals surface area contributed by atoms with Crippen LogP contribution in [0.15, 0.2) is 24.3 Å². The van der Waals surface area contributed by atoms with E-state index in [-0.39, 0.29) is 23.8 Å². The Labute approximate surface area is 131 Å². The van der Waals surface area contributed by atoms with Gasteiger partial charge in [-0.1, -0.05) is 38.1 Å². The lowest BCUT2D eigenvalue weighted by Crippen LogP contribution is -2.42. The molecule has 0 unspecified atom stereocenters. The second-order valence-corrected chi connectivity index (χ2v) is 8.37. The molecule has 0 saturated carbocycles. The van der Waals surface area contributed by atoms with Crippen molar-refractivity contribution in [2.45, 2.75) is 44.8 Å². The van der Waals surface area contributed by atoms with E-state index in [1.54, 1.807) is 0 Å². The van der Waals surface area contributed by atoms with Crippen LogP contribution in [0, 0.1) is 0 Å². The highest BCUT2D eigenvalue weighted by Crippen LogP contribution is 2.16. The molecule has 122 valence electrons. The zero-order chi connectivity index (χ0) is 16.3. The van der Waals surface area contributed by atoms with Gasteiger partial charge in [-0.2, -0.15) is 0 Å². The molecule has 2 rings (SSSR count). The Morgan fingerprint density at radius 2 is 1.91 bits per heavy atom. The Bertz CT molecular complexity index is 622. The van der Waals surface area contributed by atoms with Crippen molar-refractivity contribution < 1.29 is 18.3 Å². The van der Waals surface area contributed by atoms with Crippen LogP contribution in [0.5, 0.6) is 0 Å². The first-order valence-electron chi connectivity index (χ1n) is 7.53. The predicted octanol–water partition coefficient (Wildman–Crippen LogP) is 1.02. The average Bonchev–Trinajstić information content (AvgIpc) is 2.69. The highest BCUT2D eigenvalue weighted by atomic mass is 32.2. The maximum atomic E-state index is 11.9. The van der Waals surface area contributed by atoms with E-state index in [1.807, 2.05) is 12.1 Å². The van der Waals surface area contributed by atoms with Crippen LogP contribution < -0.4 is 5.32 Å². The number of sulfone groups is 1. The third-order valence-corrected chi connectivity index (χ3v) is 5.67. The summed E-state index contributed by atoms with van der Waals surface area (Å²) in [5, 5.41) is 12.3. The monoisotopic (exact) mass is 325 g/mol. The molecule has 1 amide bonds. The number of hydrogen-bond acceptors (Lipinski definition) is 4. The molecule has 1 aliphatic rings. The van der Waals surface area contributed by atoms with Gasteiger partial charge in [0.25, 0.3) is 0 Å². The number of aryl methyl sites for hydroxylation is 1. The van der Waals surface area contributed by atoms with E-state index in [0.29, 0.717) is 12.3 Å². The molecule has 1 heterocycles. The number of aliphatic hydroxyl groups excluding tert-OH is 1. The Morgan fingerprint density at radius 3 is 2.41 bits per heavy atom. The molecule has 2 N–H and O–H groups in total. The molecular formula is C16H23NO4S. The smallest absolute Gasteiger partial charge is 0.220 e. The molecule has 0 radical (unpaired) electrons. The summed E-state index contributed by atoms with van der Waals surface area (Å²) in [7, 11) is -3.24. The van der Waals surface area contributed by atoms with Crippen LogP contribution in [0.1, 0.15) is 37.3 Å². The van der Waals surface area contributed by atoms with Gasteiger partial charge < -0.3 is 10.4 Å². The van der Waals surface area contributed by atoms with Crippen LogP contribution >= 0.6 is 0 Å². The largest absolute Gasteiger partial charge is 0.390 e. The van der Waals surface area contributed by atoms with Gasteiger partial charge >= 0.3 is 0 Å². The van der Waals surface area contributed by atoms with Crippen molar-refractivity contribution in [2.75, 3.05) is 11.5 Å². The summed E-state index contributed by atoms with van der Waals surface area (Å²) in [5.74, 6) is -0.199. The number of carbonyl (C=O) groups excluding carboxylic acids is 1. The van der Waals surface area contributed by atoms with Crippen molar-refractivity contribution in [2.24, 2.45) is 0 Å². The molecule has 22 heavy (non-hydrogen) atoms. The van der Waals surface area contributed by atoms with Crippen molar-refractivity contribution in [1.82, 2.24) is 5.32 Å². The first kappa shape index (κ1) is 17.0. The standard InChI is InChI=1S/C16H23NO4S/c1-11(2)13-6-3-12(4-7-13)5-8-16(19)17-14-9-22(20,21)10-15(14)18/h3-4,6-7,11,14-15,18H,5,8-10H2,1-2H3,(H,17,19)/t14-,15-/m1/s1. The fourth-order valence-electron chi connectivity index (χ4n) is 2.57. The summed E-state index contributed by atoms with van der Waals surface area (Å²) in [5.41, 5.74) is 2.33. The average molecular weight is 325 g/mol. The van der Waals surface area contributed by atoms with E-state index in [4.69, 9.17) is 0 Å². The van der Waals surface area contributed by atoms with E-state index in [0.717, 1.165) is 5.56 Å². The van der Waals surface area contributed by atoms with Gasteiger partial charge in [0.1, 0.15) is 0 Å². The van der Waals surface area contributed by atoms with Crippen LogP contribution in [0.25, 0.3) is 0 Å². The molecule has 0 bridgehead atoms. The van der Waals surface area contributed by atoms with Crippen molar-refractivity contribution >= 4 is 15.7 Å². The third kappa shape index (κ3) is 4.55. The van der Waals surface area contributed by atoms with Crippen molar-refractivity contribution in [3.8, 4) is 0 Å². The second kappa shape index (κ2) is 6.79. The first-order valence-corrected chi connectivity index (χ1v) is 9.35. The van der Waals surface area contributed by atoms with Gasteiger partial charge in [-0.25, -0.2) is 8.42 Å². The van der Waals surface area contributed by atoms with Crippen LogP contribution in [-0.2, 0) is 21.1 Å². The van der Waals surface area contributed by atoms with Gasteiger partial charge in [-0.05, 0) is 23.5 Å². The number of carbonyl (C=O) groups is 1. The summed E-state index contributed by atoms with van der Waals surface area (Å²) in [6, 6.07) is 7.46. The molecule has 0 spiro atoms. The van der Waals surface area contributed by atoms with E-state index < -0.39 is 22.0 Å². The van der Waals surface area contributed by atoms with Gasteiger partial charge in [0, 0.05) is 6.42 Å². The van der Waals surface area contributed by atoms with Gasteiger partial charge in [0.15, 0.2) is 9.84 Å². The summed E-state index contributed by atoms with van der Waals surface area (Å²) in [6.07, 6.45) is -0.122. The van der Waals surface area contributed by atoms with Gasteiger partial charge in [-0.3, -0.25) is 4.79 Å². The van der Waals surface area contributed by atoms with Crippen LogP contribution in [-0.4, -0.2) is 43.1 Å². The fourth-order valence-corrected chi connectivity index (χ4v) is 4.31. The predicted molar refractivity (Wildman–Crippen MR) is 85.4 cm³/mol. The molecule has 2 atom stereocenters. The number of amides is 1. The molecule has 0 aromatic heterocycles. The number of hydrogen-bond donors (Lipinski definition) is 2. The lowest BCUT2D eigenvalue weighted by atomic mass is 10.0. The van der Waals surface area contributed by atoms with E-state index in [9.17, 15) is 18.3 Å². The number of aliphatic hydroxyl groups is 1. The quantitative estimate of drug-likeness (QED) is 0.846. The van der Waals surface area contributed by atoms with Gasteiger partial charge in [-0.15, -0.1) is 0 Å². The van der Waals surface area contributed by atoms with Gasteiger partial charge in [0.2, 0.25) is 5.91 Å². The minimum Gasteiger partial charge on any atom is -0.390 e. The molecule has 0 aliphatic carbocycles. The van der Waals surface area contributed by atoms with Gasteiger partial charge in [0.05, 0.1) is 23.7 Å². The minimum atomic E-state index is -3.24. The van der Waals surface area contributed by atoms with Crippen molar-refractivity contribution in [3.05, 3.63) is 35.4 Å². The molecule has 6 heteroatoms. The van der Waals surface area contributed by atoms with E-state index >= 15 is 0 Å². The Hall–Kier alpha value is -1.40. The van der Waals surface area contributed by atoms with Crippen LogP contribution in [0.2, 0.25) is 0 Å². The summed E-state index contributed by atoms with van der Waals surface area (Å²) in [6.45, 7) is 4.26. The Balaban J connectivity index is 1.83. The Kier molecular flexibility index (Phi) is 5.24. The lowest BCUT2D eigenvalue weighted by molar-refractivity contribution is -0.122. The molecule has 1 aliphatic heterocycles. The highest BCUT2D eigenvalue weighted by Gasteiger charge is 2.37. The lowest BCUT2D eigenvalue weighted by Gasteiger charge is -2.14. The highest BCUT2D eigenvalue weighted by molar-refractivity contribution is 7.91. The molecule has 1 aromatic carbocycles. The molecule has 1 aromatic rings. The molecular weight excluding hydrogens is 302 g/mol. The molecule has 1 fully saturated rings. The van der Waals surface area contributed by atoms with Crippen molar-refractivity contribution in [3.63, 3.8) is 0 Å². The third-order valence-electron chi connectivity index (χ3n) is 3.96. The SMILES string of the molecule is CC(C)c1ccc(CCC(=O)N[C@@H]2CS(=O)(=O)C[C@H]2O)cc1. The number of benzene rings is 1. The maximum absolute atomic E-state index is 11.9. The summed E-state index contributed by atoms with van der Waals surface area (Å²) in [4.78, 5) is 11.9. The van der Waals surface area contributed by atoms with E-state index in [1.165, 1.54) is 5.56 Å². The first-order chi connectivity index (χ1) is 10.3. The normalized spacial score (nSPS) is 23.6. The van der Waals surface area contributed by atoms with Crippen LogP contribution in [0.3, 0.4) is 0 Å². The maximum Gasteiger partial charge on any atom is 0.220 e. The topological polar surface area (TPSA) is 83.5 Å². The van der Waals surface area contributed by atoms with Crippen LogP contribution in [0.4, 0.5) is 0 Å². The van der Waals surface area contributed by atoms with Crippen molar-refractivity contribution in [1.29, 1.82) is 0 Å². The molecule has 1 saturated heterocycles. The Morgan fingerprint density at radius 1 is 1.27 bits per heavy atom. The van der Waals surface area contributed by atoms with E-state index in [2.05, 4.69) is 31.3 Å². The zero-order valence-electron chi connectivity index (χ0n) is 13.0. The second-order valence-electron chi connectivity index (χ2n) is 6.21. The zero-order valence-corrected chi connectivity index (χ0v) is 13.8. The summed E-state index contributed by atoms with van der Waals surface area (Å²) < 4.78 is 22.8. The number of nitrogens with one attached hydrogen (secondary N) is 1. The molecule has 5 nitrogen and oxygen atoms in total. The number of rotatable bonds is 5. The fraction of sp³-hybridized carbons (Fsp3) is 0.562.